The Balaban J connectivity index is 2.72. The van der Waals surface area contributed by atoms with Crippen LogP contribution in [0.3, 0.4) is 0 Å². The van der Waals surface area contributed by atoms with E-state index in [0.29, 0.717) is 23.8 Å². The summed E-state index contributed by atoms with van der Waals surface area (Å²) in [4.78, 5) is 2.13. The normalized spacial score (nSPS) is 13.1. The standard InChI is InChI=1S/C12H19FN2/c1-4-9(2)15(3)8-10-5-6-11(14)7-12(10)13/h5-7,9H,4,8,14H2,1-3H3. The predicted molar refractivity (Wildman–Crippen MR) is 62.0 cm³/mol. The molecule has 0 aliphatic carbocycles. The van der Waals surface area contributed by atoms with Crippen LogP contribution in [-0.4, -0.2) is 18.0 Å². The maximum Gasteiger partial charge on any atom is 0.129 e. The van der Waals surface area contributed by atoms with E-state index in [-0.39, 0.29) is 5.82 Å². The van der Waals surface area contributed by atoms with Crippen LogP contribution in [-0.2, 0) is 6.54 Å². The molecule has 0 bridgehead atoms. The van der Waals surface area contributed by atoms with Crippen LogP contribution in [0.15, 0.2) is 18.2 Å². The molecule has 1 aromatic rings. The van der Waals surface area contributed by atoms with Crippen molar-refractivity contribution in [2.24, 2.45) is 0 Å². The van der Waals surface area contributed by atoms with Crippen molar-refractivity contribution in [3.63, 3.8) is 0 Å². The summed E-state index contributed by atoms with van der Waals surface area (Å²) in [7, 11) is 2.00. The molecular formula is C12H19FN2. The maximum atomic E-state index is 13.5. The highest BCUT2D eigenvalue weighted by atomic mass is 19.1. The first kappa shape index (κ1) is 12.0. The van der Waals surface area contributed by atoms with Gasteiger partial charge in [-0.2, -0.15) is 0 Å². The third kappa shape index (κ3) is 3.20. The van der Waals surface area contributed by atoms with Gasteiger partial charge in [-0.25, -0.2) is 4.39 Å². The average molecular weight is 210 g/mol. The average Bonchev–Trinajstić information content (AvgIpc) is 2.20. The zero-order chi connectivity index (χ0) is 11.4. The minimum absolute atomic E-state index is 0.217. The van der Waals surface area contributed by atoms with E-state index in [1.165, 1.54) is 6.07 Å². The van der Waals surface area contributed by atoms with E-state index in [4.69, 9.17) is 5.73 Å². The van der Waals surface area contributed by atoms with Gasteiger partial charge in [-0.15, -0.1) is 0 Å². The van der Waals surface area contributed by atoms with Crippen molar-refractivity contribution in [3.8, 4) is 0 Å². The summed E-state index contributed by atoms with van der Waals surface area (Å²) in [6.45, 7) is 4.89. The molecule has 0 amide bonds. The van der Waals surface area contributed by atoms with Gasteiger partial charge in [0, 0.05) is 23.8 Å². The van der Waals surface area contributed by atoms with Crippen LogP contribution in [0.4, 0.5) is 10.1 Å². The molecule has 0 radical (unpaired) electrons. The SMILES string of the molecule is CCC(C)N(C)Cc1ccc(N)cc1F. The summed E-state index contributed by atoms with van der Waals surface area (Å²) >= 11 is 0. The fourth-order valence-electron chi connectivity index (χ4n) is 1.43. The van der Waals surface area contributed by atoms with Gasteiger partial charge in [-0.05, 0) is 32.5 Å². The van der Waals surface area contributed by atoms with Crippen molar-refractivity contribution in [1.82, 2.24) is 4.90 Å². The topological polar surface area (TPSA) is 29.3 Å². The third-order valence-electron chi connectivity index (χ3n) is 2.84. The molecule has 0 aliphatic heterocycles. The lowest BCUT2D eigenvalue weighted by atomic mass is 10.1. The molecule has 2 nitrogen and oxygen atoms in total. The van der Waals surface area contributed by atoms with Crippen LogP contribution in [0, 0.1) is 5.82 Å². The summed E-state index contributed by atoms with van der Waals surface area (Å²) in [5.41, 5.74) is 6.67. The van der Waals surface area contributed by atoms with Crippen molar-refractivity contribution in [3.05, 3.63) is 29.6 Å². The highest BCUT2D eigenvalue weighted by Gasteiger charge is 2.10. The fourth-order valence-corrected chi connectivity index (χ4v) is 1.43. The van der Waals surface area contributed by atoms with Crippen LogP contribution in [0.25, 0.3) is 0 Å². The Morgan fingerprint density at radius 1 is 1.47 bits per heavy atom. The first-order chi connectivity index (χ1) is 7.04. The Labute approximate surface area is 90.9 Å². The second-order valence-electron chi connectivity index (χ2n) is 4.02. The monoisotopic (exact) mass is 210 g/mol. The molecule has 15 heavy (non-hydrogen) atoms. The Kier molecular flexibility index (Phi) is 4.09. The van der Waals surface area contributed by atoms with Crippen molar-refractivity contribution in [1.29, 1.82) is 0 Å². The molecule has 0 spiro atoms. The quantitative estimate of drug-likeness (QED) is 0.774. The van der Waals surface area contributed by atoms with E-state index in [1.807, 2.05) is 7.05 Å². The summed E-state index contributed by atoms with van der Waals surface area (Å²) < 4.78 is 13.5. The number of halogens is 1. The Morgan fingerprint density at radius 2 is 2.13 bits per heavy atom. The van der Waals surface area contributed by atoms with Crippen molar-refractivity contribution in [2.45, 2.75) is 32.9 Å². The number of hydrogen-bond donors (Lipinski definition) is 1. The van der Waals surface area contributed by atoms with Gasteiger partial charge in [0.05, 0.1) is 0 Å². The van der Waals surface area contributed by atoms with E-state index >= 15 is 0 Å². The first-order valence-corrected chi connectivity index (χ1v) is 5.28. The lowest BCUT2D eigenvalue weighted by Gasteiger charge is -2.23. The largest absolute Gasteiger partial charge is 0.399 e. The molecule has 84 valence electrons. The molecule has 2 N–H and O–H groups in total. The Bertz CT molecular complexity index is 325. The number of hydrogen-bond acceptors (Lipinski definition) is 2. The molecule has 0 fully saturated rings. The second kappa shape index (κ2) is 5.12. The van der Waals surface area contributed by atoms with Crippen LogP contribution >= 0.6 is 0 Å². The number of nitrogens with two attached hydrogens (primary N) is 1. The molecule has 0 aliphatic rings. The molecule has 3 heteroatoms. The zero-order valence-corrected chi connectivity index (χ0v) is 9.63. The highest BCUT2D eigenvalue weighted by Crippen LogP contribution is 2.15. The number of benzene rings is 1. The molecule has 1 aromatic carbocycles. The number of nitrogen functional groups attached to an aromatic ring is 1. The van der Waals surface area contributed by atoms with Gasteiger partial charge in [0.25, 0.3) is 0 Å². The molecular weight excluding hydrogens is 191 g/mol. The van der Waals surface area contributed by atoms with E-state index in [2.05, 4.69) is 18.7 Å². The van der Waals surface area contributed by atoms with Crippen LogP contribution in [0.5, 0.6) is 0 Å². The van der Waals surface area contributed by atoms with Crippen LogP contribution < -0.4 is 5.73 Å². The number of nitrogens with zero attached hydrogens (tertiary/aromatic N) is 1. The molecule has 1 rings (SSSR count). The number of anilines is 1. The first-order valence-electron chi connectivity index (χ1n) is 5.28. The van der Waals surface area contributed by atoms with Gasteiger partial charge in [0.1, 0.15) is 5.82 Å². The molecule has 0 saturated heterocycles. The summed E-state index contributed by atoms with van der Waals surface area (Å²) in [5, 5.41) is 0. The van der Waals surface area contributed by atoms with Gasteiger partial charge in [-0.3, -0.25) is 4.90 Å². The van der Waals surface area contributed by atoms with Gasteiger partial charge in [0.2, 0.25) is 0 Å². The fraction of sp³-hybridized carbons (Fsp3) is 0.500. The van der Waals surface area contributed by atoms with E-state index < -0.39 is 0 Å². The molecule has 1 atom stereocenters. The third-order valence-corrected chi connectivity index (χ3v) is 2.84. The second-order valence-corrected chi connectivity index (χ2v) is 4.02. The minimum Gasteiger partial charge on any atom is -0.399 e. The Hall–Kier alpha value is -1.09. The molecule has 1 unspecified atom stereocenters. The van der Waals surface area contributed by atoms with Gasteiger partial charge < -0.3 is 5.73 Å². The maximum absolute atomic E-state index is 13.5. The van der Waals surface area contributed by atoms with Crippen LogP contribution in [0.2, 0.25) is 0 Å². The summed E-state index contributed by atoms with van der Waals surface area (Å²) in [6, 6.07) is 5.33. The zero-order valence-electron chi connectivity index (χ0n) is 9.63. The molecule has 0 saturated carbocycles. The van der Waals surface area contributed by atoms with Crippen molar-refractivity contribution >= 4 is 5.69 Å². The highest BCUT2D eigenvalue weighted by molar-refractivity contribution is 5.40. The van der Waals surface area contributed by atoms with Crippen LogP contribution in [0.1, 0.15) is 25.8 Å². The van der Waals surface area contributed by atoms with Gasteiger partial charge >= 0.3 is 0 Å². The number of rotatable bonds is 4. The molecule has 0 heterocycles. The summed E-state index contributed by atoms with van der Waals surface area (Å²) in [6.07, 6.45) is 1.06. The predicted octanol–water partition coefficient (Wildman–Crippen LogP) is 2.64. The van der Waals surface area contributed by atoms with Crippen molar-refractivity contribution < 1.29 is 4.39 Å². The smallest absolute Gasteiger partial charge is 0.129 e. The lowest BCUT2D eigenvalue weighted by molar-refractivity contribution is 0.241. The Morgan fingerprint density at radius 3 is 2.67 bits per heavy atom. The van der Waals surface area contributed by atoms with E-state index in [1.54, 1.807) is 12.1 Å². The van der Waals surface area contributed by atoms with Crippen molar-refractivity contribution in [2.75, 3.05) is 12.8 Å². The minimum atomic E-state index is -0.217. The van der Waals surface area contributed by atoms with E-state index in [0.717, 1.165) is 6.42 Å². The molecule has 0 aromatic heterocycles. The summed E-state index contributed by atoms with van der Waals surface area (Å²) in [5.74, 6) is -0.217. The lowest BCUT2D eigenvalue weighted by Crippen LogP contribution is -2.28. The van der Waals surface area contributed by atoms with Gasteiger partial charge in [-0.1, -0.05) is 13.0 Å². The van der Waals surface area contributed by atoms with E-state index in [9.17, 15) is 4.39 Å². The van der Waals surface area contributed by atoms with Gasteiger partial charge in [0.15, 0.2) is 0 Å².